The van der Waals surface area contributed by atoms with E-state index >= 15 is 0 Å². The summed E-state index contributed by atoms with van der Waals surface area (Å²) in [4.78, 5) is 24.8. The number of aliphatic hydroxyl groups excluding tert-OH is 1. The van der Waals surface area contributed by atoms with Gasteiger partial charge in [-0.15, -0.1) is 6.58 Å². The number of aliphatic hydroxyl groups is 1. The molecule has 0 aromatic carbocycles. The maximum atomic E-state index is 12.1. The predicted molar refractivity (Wildman–Crippen MR) is 69.1 cm³/mol. The second-order valence-corrected chi connectivity index (χ2v) is 4.32. The Labute approximate surface area is 108 Å². The Morgan fingerprint density at radius 2 is 1.89 bits per heavy atom. The van der Waals surface area contributed by atoms with E-state index in [2.05, 4.69) is 6.58 Å². The van der Waals surface area contributed by atoms with Gasteiger partial charge in [-0.25, -0.2) is 0 Å². The zero-order valence-electron chi connectivity index (χ0n) is 11.2. The third-order valence-electron chi connectivity index (χ3n) is 3.37. The van der Waals surface area contributed by atoms with Crippen LogP contribution >= 0.6 is 0 Å². The standard InChI is InChI=1S/C13H23NO4/c1-4-7-14(8-9-15)11(16)10-13(5-2,6-3)12(17)18/h4,15H,1,5-10H2,2-3H3,(H,17,18). The van der Waals surface area contributed by atoms with E-state index in [1.54, 1.807) is 19.9 Å². The third-order valence-corrected chi connectivity index (χ3v) is 3.37. The molecule has 0 spiro atoms. The van der Waals surface area contributed by atoms with Crippen molar-refractivity contribution >= 4 is 11.9 Å². The third kappa shape index (κ3) is 4.14. The molecule has 0 aliphatic carbocycles. The van der Waals surface area contributed by atoms with Gasteiger partial charge in [0.25, 0.3) is 0 Å². The van der Waals surface area contributed by atoms with Crippen molar-refractivity contribution < 1.29 is 19.8 Å². The van der Waals surface area contributed by atoms with Crippen LogP contribution in [0.25, 0.3) is 0 Å². The van der Waals surface area contributed by atoms with Crippen molar-refractivity contribution in [2.75, 3.05) is 19.7 Å². The smallest absolute Gasteiger partial charge is 0.310 e. The minimum Gasteiger partial charge on any atom is -0.481 e. The van der Waals surface area contributed by atoms with E-state index in [1.807, 2.05) is 0 Å². The van der Waals surface area contributed by atoms with Crippen molar-refractivity contribution in [3.63, 3.8) is 0 Å². The second-order valence-electron chi connectivity index (χ2n) is 4.32. The van der Waals surface area contributed by atoms with Crippen molar-refractivity contribution in [1.82, 2.24) is 4.90 Å². The van der Waals surface area contributed by atoms with Crippen LogP contribution in [0.15, 0.2) is 12.7 Å². The van der Waals surface area contributed by atoms with Gasteiger partial charge in [0.2, 0.25) is 5.91 Å². The summed E-state index contributed by atoms with van der Waals surface area (Å²) >= 11 is 0. The molecule has 0 aliphatic heterocycles. The number of rotatable bonds is 9. The molecule has 0 unspecified atom stereocenters. The molecule has 0 radical (unpaired) electrons. The number of aliphatic carboxylic acids is 1. The molecule has 0 rings (SSSR count). The Kier molecular flexibility index (Phi) is 7.27. The lowest BCUT2D eigenvalue weighted by Crippen LogP contribution is -2.40. The van der Waals surface area contributed by atoms with Crippen molar-refractivity contribution in [3.05, 3.63) is 12.7 Å². The summed E-state index contributed by atoms with van der Waals surface area (Å²) in [7, 11) is 0. The molecule has 0 aliphatic rings. The molecule has 2 N–H and O–H groups in total. The van der Waals surface area contributed by atoms with Gasteiger partial charge in [-0.1, -0.05) is 19.9 Å². The van der Waals surface area contributed by atoms with Crippen LogP contribution in [0, 0.1) is 5.41 Å². The summed E-state index contributed by atoms with van der Waals surface area (Å²) in [5.41, 5.74) is -1.01. The van der Waals surface area contributed by atoms with Crippen LogP contribution < -0.4 is 0 Å². The van der Waals surface area contributed by atoms with Gasteiger partial charge in [0.15, 0.2) is 0 Å². The van der Waals surface area contributed by atoms with Gasteiger partial charge in [-0.2, -0.15) is 0 Å². The molecule has 0 saturated heterocycles. The van der Waals surface area contributed by atoms with Gasteiger partial charge in [-0.3, -0.25) is 9.59 Å². The maximum Gasteiger partial charge on any atom is 0.310 e. The van der Waals surface area contributed by atoms with Gasteiger partial charge in [0.05, 0.1) is 12.0 Å². The molecule has 0 aromatic heterocycles. The van der Waals surface area contributed by atoms with Crippen molar-refractivity contribution in [2.45, 2.75) is 33.1 Å². The molecule has 0 aromatic rings. The number of carboxylic acid groups (broad SMARTS) is 1. The highest BCUT2D eigenvalue weighted by atomic mass is 16.4. The molecule has 0 heterocycles. The van der Waals surface area contributed by atoms with Crippen LogP contribution in [0.1, 0.15) is 33.1 Å². The number of carbonyl (C=O) groups is 2. The molecule has 104 valence electrons. The maximum absolute atomic E-state index is 12.1. The first-order valence-corrected chi connectivity index (χ1v) is 6.20. The second kappa shape index (κ2) is 7.87. The normalized spacial score (nSPS) is 11.1. The number of nitrogens with zero attached hydrogens (tertiary/aromatic N) is 1. The van der Waals surface area contributed by atoms with E-state index in [1.165, 1.54) is 4.90 Å². The van der Waals surface area contributed by atoms with Crippen LogP contribution in [0.5, 0.6) is 0 Å². The monoisotopic (exact) mass is 257 g/mol. The molecule has 5 heteroatoms. The Morgan fingerprint density at radius 3 is 2.22 bits per heavy atom. The van der Waals surface area contributed by atoms with Gasteiger partial charge < -0.3 is 15.1 Å². The highest BCUT2D eigenvalue weighted by Gasteiger charge is 2.38. The first kappa shape index (κ1) is 16.6. The molecule has 5 nitrogen and oxygen atoms in total. The summed E-state index contributed by atoms with van der Waals surface area (Å²) in [6, 6.07) is 0. The van der Waals surface area contributed by atoms with E-state index in [-0.39, 0.29) is 25.5 Å². The lowest BCUT2D eigenvalue weighted by atomic mass is 9.79. The summed E-state index contributed by atoms with van der Waals surface area (Å²) in [5.74, 6) is -1.20. The van der Waals surface area contributed by atoms with Gasteiger partial charge in [0.1, 0.15) is 0 Å². The molecule has 1 amide bonds. The van der Waals surface area contributed by atoms with Gasteiger partial charge in [0, 0.05) is 19.5 Å². The molecule has 0 bridgehead atoms. The molecule has 0 atom stereocenters. The van der Waals surface area contributed by atoms with E-state index < -0.39 is 11.4 Å². The molecule has 18 heavy (non-hydrogen) atoms. The topological polar surface area (TPSA) is 77.8 Å². The number of amides is 1. The van der Waals surface area contributed by atoms with E-state index in [4.69, 9.17) is 5.11 Å². The van der Waals surface area contributed by atoms with Crippen LogP contribution in [0.3, 0.4) is 0 Å². The molecule has 0 fully saturated rings. The Balaban J connectivity index is 4.85. The van der Waals surface area contributed by atoms with Crippen LogP contribution in [-0.4, -0.2) is 46.7 Å². The summed E-state index contributed by atoms with van der Waals surface area (Å²) in [6.45, 7) is 7.47. The quantitative estimate of drug-likeness (QED) is 0.610. The first-order valence-electron chi connectivity index (χ1n) is 6.20. The van der Waals surface area contributed by atoms with Crippen molar-refractivity contribution in [1.29, 1.82) is 0 Å². The number of carbonyl (C=O) groups excluding carboxylic acids is 1. The zero-order valence-corrected chi connectivity index (χ0v) is 11.2. The summed E-state index contributed by atoms with van der Waals surface area (Å²) in [5, 5.41) is 18.2. The molecular weight excluding hydrogens is 234 g/mol. The Morgan fingerprint density at radius 1 is 1.33 bits per heavy atom. The molecule has 0 saturated carbocycles. The van der Waals surface area contributed by atoms with E-state index in [9.17, 15) is 14.7 Å². The van der Waals surface area contributed by atoms with Gasteiger partial charge >= 0.3 is 5.97 Å². The predicted octanol–water partition coefficient (Wildman–Crippen LogP) is 1.27. The number of carboxylic acids is 1. The molecular formula is C13H23NO4. The van der Waals surface area contributed by atoms with Crippen LogP contribution in [0.2, 0.25) is 0 Å². The highest BCUT2D eigenvalue weighted by molar-refractivity contribution is 5.85. The largest absolute Gasteiger partial charge is 0.481 e. The number of hydrogen-bond donors (Lipinski definition) is 2. The van der Waals surface area contributed by atoms with E-state index in [0.717, 1.165) is 0 Å². The fourth-order valence-corrected chi connectivity index (χ4v) is 1.87. The Bertz CT molecular complexity index is 297. The highest BCUT2D eigenvalue weighted by Crippen LogP contribution is 2.31. The fourth-order valence-electron chi connectivity index (χ4n) is 1.87. The zero-order chi connectivity index (χ0) is 14.2. The minimum absolute atomic E-state index is 0.0385. The lowest BCUT2D eigenvalue weighted by molar-refractivity contribution is -0.154. The Hall–Kier alpha value is -1.36. The van der Waals surface area contributed by atoms with Crippen LogP contribution in [-0.2, 0) is 9.59 Å². The summed E-state index contributed by atoms with van der Waals surface area (Å²) in [6.07, 6.45) is 2.34. The van der Waals surface area contributed by atoms with Crippen LogP contribution in [0.4, 0.5) is 0 Å². The average molecular weight is 257 g/mol. The number of hydrogen-bond acceptors (Lipinski definition) is 3. The van der Waals surface area contributed by atoms with E-state index in [0.29, 0.717) is 19.4 Å². The van der Waals surface area contributed by atoms with Crippen molar-refractivity contribution in [3.8, 4) is 0 Å². The summed E-state index contributed by atoms with van der Waals surface area (Å²) < 4.78 is 0. The van der Waals surface area contributed by atoms with Crippen molar-refractivity contribution in [2.24, 2.45) is 5.41 Å². The van der Waals surface area contributed by atoms with Gasteiger partial charge in [-0.05, 0) is 12.8 Å². The lowest BCUT2D eigenvalue weighted by Gasteiger charge is -2.29. The fraction of sp³-hybridized carbons (Fsp3) is 0.692. The minimum atomic E-state index is -1.01. The average Bonchev–Trinajstić information content (AvgIpc) is 2.35. The SMILES string of the molecule is C=CCN(CCO)C(=O)CC(CC)(CC)C(=O)O. The first-order chi connectivity index (χ1) is 8.47.